The van der Waals surface area contributed by atoms with Crippen LogP contribution in [0.15, 0.2) is 24.7 Å². The lowest BCUT2D eigenvalue weighted by molar-refractivity contribution is 0.173. The lowest BCUT2D eigenvalue weighted by Gasteiger charge is -2.18. The molecule has 0 unspecified atom stereocenters. The van der Waals surface area contributed by atoms with Gasteiger partial charge in [0, 0.05) is 11.6 Å². The highest BCUT2D eigenvalue weighted by atomic mass is 16.6. The van der Waals surface area contributed by atoms with Crippen molar-refractivity contribution in [2.45, 2.75) is 0 Å². The second-order valence-electron chi connectivity index (χ2n) is 3.05. The summed E-state index contributed by atoms with van der Waals surface area (Å²) in [6, 6.07) is 3.82. The van der Waals surface area contributed by atoms with Crippen LogP contribution in [0.2, 0.25) is 0 Å². The Labute approximate surface area is 80.5 Å². The lowest BCUT2D eigenvalue weighted by atomic mass is 10.2. The van der Waals surface area contributed by atoms with Crippen molar-refractivity contribution in [3.63, 3.8) is 0 Å². The zero-order valence-electron chi connectivity index (χ0n) is 7.43. The number of aromatic nitrogens is 2. The third-order valence-corrected chi connectivity index (χ3v) is 2.18. The van der Waals surface area contributed by atoms with Crippen LogP contribution in [0.5, 0.6) is 11.5 Å². The molecule has 0 aliphatic carbocycles. The molecule has 0 N–H and O–H groups in total. The third-order valence-electron chi connectivity index (χ3n) is 2.18. The predicted molar refractivity (Wildman–Crippen MR) is 50.5 cm³/mol. The minimum atomic E-state index is 0.579. The molecule has 0 bridgehead atoms. The maximum atomic E-state index is 5.52. The van der Waals surface area contributed by atoms with Crippen molar-refractivity contribution in [3.05, 3.63) is 24.7 Å². The highest BCUT2D eigenvalue weighted by molar-refractivity contribution is 5.86. The number of hydrogen-bond donors (Lipinski definition) is 0. The van der Waals surface area contributed by atoms with Gasteiger partial charge >= 0.3 is 0 Å². The molecular weight excluding hydrogens is 180 g/mol. The third kappa shape index (κ3) is 1.00. The molecule has 0 amide bonds. The summed E-state index contributed by atoms with van der Waals surface area (Å²) in [5.41, 5.74) is 0.817. The van der Waals surface area contributed by atoms with Crippen molar-refractivity contribution in [1.29, 1.82) is 0 Å². The van der Waals surface area contributed by atoms with Crippen molar-refractivity contribution >= 4 is 10.9 Å². The first-order valence-electron chi connectivity index (χ1n) is 4.43. The molecule has 2 aromatic rings. The van der Waals surface area contributed by atoms with E-state index in [1.807, 2.05) is 12.1 Å². The van der Waals surface area contributed by atoms with Gasteiger partial charge in [0.2, 0.25) is 0 Å². The number of benzene rings is 1. The second-order valence-corrected chi connectivity index (χ2v) is 3.05. The van der Waals surface area contributed by atoms with E-state index in [1.54, 1.807) is 6.20 Å². The van der Waals surface area contributed by atoms with Gasteiger partial charge in [-0.15, -0.1) is 0 Å². The van der Waals surface area contributed by atoms with E-state index in [1.165, 1.54) is 6.33 Å². The van der Waals surface area contributed by atoms with E-state index in [0.717, 1.165) is 22.4 Å². The Morgan fingerprint density at radius 1 is 1.14 bits per heavy atom. The average Bonchev–Trinajstić information content (AvgIpc) is 2.29. The Morgan fingerprint density at radius 3 is 3.07 bits per heavy atom. The van der Waals surface area contributed by atoms with Gasteiger partial charge in [-0.2, -0.15) is 0 Å². The molecule has 3 rings (SSSR count). The van der Waals surface area contributed by atoms with Gasteiger partial charge in [-0.3, -0.25) is 0 Å². The molecule has 1 aliphatic rings. The smallest absolute Gasteiger partial charge is 0.187 e. The molecule has 70 valence electrons. The molecule has 0 spiro atoms. The van der Waals surface area contributed by atoms with E-state index >= 15 is 0 Å². The van der Waals surface area contributed by atoms with Crippen LogP contribution in [0.4, 0.5) is 0 Å². The number of ether oxygens (including phenoxy) is 2. The molecule has 1 aliphatic heterocycles. The summed E-state index contributed by atoms with van der Waals surface area (Å²) in [4.78, 5) is 8.13. The van der Waals surface area contributed by atoms with Crippen LogP contribution in [-0.2, 0) is 0 Å². The average molecular weight is 188 g/mol. The standard InChI is InChI=1S/C10H8N2O2/c1-2-8-10(14-4-3-13-8)9-7(1)5-11-6-12-9/h1-2,5-6H,3-4H2. The minimum absolute atomic E-state index is 0.579. The van der Waals surface area contributed by atoms with Crippen molar-refractivity contribution in [2.24, 2.45) is 0 Å². The number of nitrogens with zero attached hydrogens (tertiary/aromatic N) is 2. The Kier molecular flexibility index (Phi) is 1.53. The van der Waals surface area contributed by atoms with Gasteiger partial charge in [-0.05, 0) is 12.1 Å². The van der Waals surface area contributed by atoms with E-state index in [2.05, 4.69) is 9.97 Å². The van der Waals surface area contributed by atoms with Crippen LogP contribution in [0, 0.1) is 0 Å². The van der Waals surface area contributed by atoms with Gasteiger partial charge < -0.3 is 9.47 Å². The van der Waals surface area contributed by atoms with E-state index in [9.17, 15) is 0 Å². The molecule has 0 atom stereocenters. The summed E-state index contributed by atoms with van der Waals surface area (Å²) < 4.78 is 11.0. The zero-order valence-corrected chi connectivity index (χ0v) is 7.43. The molecule has 0 radical (unpaired) electrons. The second kappa shape index (κ2) is 2.83. The van der Waals surface area contributed by atoms with Crippen molar-refractivity contribution < 1.29 is 9.47 Å². The van der Waals surface area contributed by atoms with Gasteiger partial charge in [0.15, 0.2) is 11.5 Å². The van der Waals surface area contributed by atoms with Gasteiger partial charge in [0.25, 0.3) is 0 Å². The van der Waals surface area contributed by atoms with Gasteiger partial charge in [0.1, 0.15) is 25.1 Å². The molecule has 0 saturated heterocycles. The van der Waals surface area contributed by atoms with Crippen LogP contribution in [0.3, 0.4) is 0 Å². The Morgan fingerprint density at radius 2 is 2.07 bits per heavy atom. The summed E-state index contributed by atoms with van der Waals surface area (Å²) in [5.74, 6) is 1.50. The highest BCUT2D eigenvalue weighted by Crippen LogP contribution is 2.35. The fourth-order valence-electron chi connectivity index (χ4n) is 1.56. The summed E-state index contributed by atoms with van der Waals surface area (Å²) >= 11 is 0. The zero-order chi connectivity index (χ0) is 9.38. The summed E-state index contributed by atoms with van der Waals surface area (Å²) in [6.07, 6.45) is 3.28. The number of hydrogen-bond acceptors (Lipinski definition) is 4. The maximum Gasteiger partial charge on any atom is 0.187 e. The SMILES string of the molecule is c1ncc2ccc3c(c2n1)OCCO3. The fraction of sp³-hybridized carbons (Fsp3) is 0.200. The van der Waals surface area contributed by atoms with E-state index in [4.69, 9.17) is 9.47 Å². The fourth-order valence-corrected chi connectivity index (χ4v) is 1.56. The quantitative estimate of drug-likeness (QED) is 0.626. The minimum Gasteiger partial charge on any atom is -0.486 e. The first-order chi connectivity index (χ1) is 6.95. The summed E-state index contributed by atoms with van der Waals surface area (Å²) in [7, 11) is 0. The van der Waals surface area contributed by atoms with E-state index < -0.39 is 0 Å². The van der Waals surface area contributed by atoms with Crippen molar-refractivity contribution in [3.8, 4) is 11.5 Å². The highest BCUT2D eigenvalue weighted by Gasteiger charge is 2.15. The topological polar surface area (TPSA) is 44.2 Å². The summed E-state index contributed by atoms with van der Waals surface area (Å²) in [5, 5.41) is 0.969. The van der Waals surface area contributed by atoms with Crippen LogP contribution >= 0.6 is 0 Å². The first kappa shape index (κ1) is 7.55. The molecule has 14 heavy (non-hydrogen) atoms. The Balaban J connectivity index is 2.34. The monoisotopic (exact) mass is 188 g/mol. The molecular formula is C10H8N2O2. The largest absolute Gasteiger partial charge is 0.486 e. The lowest BCUT2D eigenvalue weighted by Crippen LogP contribution is -2.15. The molecule has 4 heteroatoms. The van der Waals surface area contributed by atoms with E-state index in [0.29, 0.717) is 13.2 Å². The molecule has 1 aromatic carbocycles. The number of rotatable bonds is 0. The molecule has 0 fully saturated rings. The van der Waals surface area contributed by atoms with Crippen LogP contribution in [0.25, 0.3) is 10.9 Å². The van der Waals surface area contributed by atoms with Crippen LogP contribution in [-0.4, -0.2) is 23.2 Å². The number of fused-ring (bicyclic) bond motifs is 3. The molecule has 4 nitrogen and oxygen atoms in total. The van der Waals surface area contributed by atoms with Gasteiger partial charge in [-0.25, -0.2) is 9.97 Å². The van der Waals surface area contributed by atoms with Gasteiger partial charge in [0.05, 0.1) is 0 Å². The van der Waals surface area contributed by atoms with Crippen LogP contribution < -0.4 is 9.47 Å². The van der Waals surface area contributed by atoms with Crippen molar-refractivity contribution in [1.82, 2.24) is 9.97 Å². The van der Waals surface area contributed by atoms with Crippen LogP contribution in [0.1, 0.15) is 0 Å². The van der Waals surface area contributed by atoms with Gasteiger partial charge in [-0.1, -0.05) is 0 Å². The maximum absolute atomic E-state index is 5.52. The Bertz CT molecular complexity index is 485. The normalized spacial score (nSPS) is 14.3. The first-order valence-corrected chi connectivity index (χ1v) is 4.43. The molecule has 2 heterocycles. The van der Waals surface area contributed by atoms with E-state index in [-0.39, 0.29) is 0 Å². The van der Waals surface area contributed by atoms with Crippen molar-refractivity contribution in [2.75, 3.05) is 13.2 Å². The summed E-state index contributed by atoms with van der Waals surface area (Å²) in [6.45, 7) is 1.18. The Hall–Kier alpha value is -1.84. The molecule has 0 saturated carbocycles. The predicted octanol–water partition coefficient (Wildman–Crippen LogP) is 1.40. The molecule has 1 aromatic heterocycles.